The summed E-state index contributed by atoms with van der Waals surface area (Å²) in [5, 5.41) is 0. The first-order valence-electron chi connectivity index (χ1n) is 5.78. The van der Waals surface area contributed by atoms with Crippen molar-refractivity contribution >= 4 is 29.1 Å². The summed E-state index contributed by atoms with van der Waals surface area (Å²) in [4.78, 5) is 0. The van der Waals surface area contributed by atoms with Crippen molar-refractivity contribution in [2.75, 3.05) is 27.3 Å². The van der Waals surface area contributed by atoms with Gasteiger partial charge in [-0.15, -0.1) is 0 Å². The van der Waals surface area contributed by atoms with E-state index in [2.05, 4.69) is 18.2 Å². The van der Waals surface area contributed by atoms with Crippen molar-refractivity contribution < 1.29 is 9.05 Å². The Morgan fingerprint density at radius 1 is 1.06 bits per heavy atom. The highest BCUT2D eigenvalue weighted by Crippen LogP contribution is 2.61. The van der Waals surface area contributed by atoms with E-state index >= 15 is 0 Å². The van der Waals surface area contributed by atoms with Crippen LogP contribution in [0.4, 0.5) is 0 Å². The Hall–Kier alpha value is 0.880. The largest absolute Gasteiger partial charge is 0.324 e. The lowest BCUT2D eigenvalue weighted by Crippen LogP contribution is -2.18. The summed E-state index contributed by atoms with van der Waals surface area (Å²) in [5.74, 6) is 0. The van der Waals surface area contributed by atoms with E-state index < -0.39 is 5.69 Å². The maximum absolute atomic E-state index is 5.37. The van der Waals surface area contributed by atoms with Gasteiger partial charge in [0.2, 0.25) is 0 Å². The molecule has 6 heteroatoms. The van der Waals surface area contributed by atoms with Gasteiger partial charge < -0.3 is 9.05 Å². The Kier molecular flexibility index (Phi) is 10.4. The molecule has 0 amide bonds. The number of rotatable bonds is 10. The summed E-state index contributed by atoms with van der Waals surface area (Å²) in [6.07, 6.45) is 4.79. The van der Waals surface area contributed by atoms with Gasteiger partial charge in [0.25, 0.3) is 5.69 Å². The maximum Gasteiger partial charge on any atom is 0.261 e. The van der Waals surface area contributed by atoms with Crippen LogP contribution in [-0.2, 0) is 20.9 Å². The van der Waals surface area contributed by atoms with Crippen LogP contribution in [0, 0.1) is 0 Å². The summed E-state index contributed by atoms with van der Waals surface area (Å²) in [5.41, 5.74) is -2.14. The highest BCUT2D eigenvalue weighted by Gasteiger charge is 2.21. The van der Waals surface area contributed by atoms with E-state index in [1.807, 2.05) is 0 Å². The monoisotopic (exact) mass is 285 g/mol. The van der Waals surface area contributed by atoms with Crippen LogP contribution in [0.2, 0.25) is 0 Å². The fourth-order valence-corrected chi connectivity index (χ4v) is 4.72. The molecule has 0 aromatic rings. The normalized spacial score (nSPS) is 12.3. The van der Waals surface area contributed by atoms with Crippen LogP contribution in [0.25, 0.3) is 0 Å². The van der Waals surface area contributed by atoms with Gasteiger partial charge in [-0.2, -0.15) is 0 Å². The van der Waals surface area contributed by atoms with Crippen LogP contribution in [0.15, 0.2) is 0 Å². The molecule has 0 aromatic carbocycles. The second-order valence-electron chi connectivity index (χ2n) is 3.53. The van der Waals surface area contributed by atoms with Crippen molar-refractivity contribution in [3.05, 3.63) is 0 Å². The molecule has 0 bridgehead atoms. The van der Waals surface area contributed by atoms with Gasteiger partial charge in [-0.3, -0.25) is 0 Å². The lowest BCUT2D eigenvalue weighted by molar-refractivity contribution is 0.351. The van der Waals surface area contributed by atoms with Gasteiger partial charge in [-0.25, -0.2) is 4.31 Å². The third kappa shape index (κ3) is 7.25. The Bertz CT molecular complexity index is 201. The number of unbranched alkanes of at least 4 members (excludes halogenated alkanes) is 2. The molecular formula is C10H24NO2PS2. The zero-order valence-corrected chi connectivity index (χ0v) is 13.3. The Morgan fingerprint density at radius 2 is 1.50 bits per heavy atom. The first-order valence-corrected chi connectivity index (χ1v) is 9.79. The Labute approximate surface area is 109 Å². The van der Waals surface area contributed by atoms with E-state index in [9.17, 15) is 0 Å². The minimum absolute atomic E-state index is 1.06. The standard InChI is InChI=1S/C10H24NO2PS2/c1-5-7-9-11(10-8-6-2)16-14(15,12-3)13-4/h5-10H2,1-4H3. The summed E-state index contributed by atoms with van der Waals surface area (Å²) in [6.45, 7) is 6.52. The molecule has 0 fully saturated rings. The van der Waals surface area contributed by atoms with Gasteiger partial charge >= 0.3 is 0 Å². The van der Waals surface area contributed by atoms with E-state index in [0.717, 1.165) is 13.1 Å². The average Bonchev–Trinajstić information content (AvgIpc) is 2.32. The van der Waals surface area contributed by atoms with Crippen LogP contribution < -0.4 is 0 Å². The molecule has 0 saturated carbocycles. The van der Waals surface area contributed by atoms with Crippen LogP contribution in [-0.4, -0.2) is 31.6 Å². The van der Waals surface area contributed by atoms with Gasteiger partial charge in [0.15, 0.2) is 0 Å². The summed E-state index contributed by atoms with van der Waals surface area (Å²) in [7, 11) is 3.27. The van der Waals surface area contributed by atoms with Crippen molar-refractivity contribution in [2.24, 2.45) is 0 Å². The van der Waals surface area contributed by atoms with Crippen LogP contribution in [0.1, 0.15) is 39.5 Å². The van der Waals surface area contributed by atoms with Gasteiger partial charge in [0.1, 0.15) is 0 Å². The molecule has 0 rings (SSSR count). The lowest BCUT2D eigenvalue weighted by Gasteiger charge is -2.26. The van der Waals surface area contributed by atoms with E-state index in [1.54, 1.807) is 25.8 Å². The average molecular weight is 285 g/mol. The Balaban J connectivity index is 4.21. The quantitative estimate of drug-likeness (QED) is 0.444. The maximum atomic E-state index is 5.37. The summed E-state index contributed by atoms with van der Waals surface area (Å²) < 4.78 is 12.9. The minimum Gasteiger partial charge on any atom is -0.324 e. The summed E-state index contributed by atoms with van der Waals surface area (Å²) in [6, 6.07) is 0. The molecule has 3 nitrogen and oxygen atoms in total. The SMILES string of the molecule is CCCCN(CCCC)SP(=S)(OC)OC. The number of hydrogen-bond donors (Lipinski definition) is 0. The first-order chi connectivity index (χ1) is 7.61. The predicted octanol–water partition coefficient (Wildman–Crippen LogP) is 4.05. The molecule has 16 heavy (non-hydrogen) atoms. The molecule has 0 aliphatic heterocycles. The third-order valence-electron chi connectivity index (χ3n) is 2.18. The van der Waals surface area contributed by atoms with Crippen LogP contribution in [0.3, 0.4) is 0 Å². The molecule has 0 saturated heterocycles. The highest BCUT2D eigenvalue weighted by molar-refractivity contribution is 8.67. The molecule has 0 heterocycles. The van der Waals surface area contributed by atoms with E-state index in [-0.39, 0.29) is 0 Å². The first kappa shape index (κ1) is 16.9. The predicted molar refractivity (Wildman–Crippen MR) is 77.3 cm³/mol. The van der Waals surface area contributed by atoms with Gasteiger partial charge in [0, 0.05) is 38.9 Å². The zero-order chi connectivity index (χ0) is 12.4. The van der Waals surface area contributed by atoms with Crippen LogP contribution in [0.5, 0.6) is 0 Å². The zero-order valence-electron chi connectivity index (χ0n) is 10.8. The van der Waals surface area contributed by atoms with Gasteiger partial charge in [-0.1, -0.05) is 26.7 Å². The molecule has 0 aliphatic carbocycles. The van der Waals surface area contributed by atoms with E-state index in [4.69, 9.17) is 20.9 Å². The van der Waals surface area contributed by atoms with Crippen molar-refractivity contribution in [1.29, 1.82) is 0 Å². The van der Waals surface area contributed by atoms with Crippen LogP contribution >= 0.6 is 17.3 Å². The highest BCUT2D eigenvalue weighted by atomic mass is 32.9. The molecule has 0 unspecified atom stereocenters. The molecule has 0 aliphatic rings. The molecule has 0 radical (unpaired) electrons. The van der Waals surface area contributed by atoms with Crippen molar-refractivity contribution in [3.8, 4) is 0 Å². The molecule has 0 aromatic heterocycles. The van der Waals surface area contributed by atoms with E-state index in [0.29, 0.717) is 0 Å². The number of nitrogens with zero attached hydrogens (tertiary/aromatic N) is 1. The minimum atomic E-state index is -2.14. The smallest absolute Gasteiger partial charge is 0.261 e. The molecule has 0 atom stereocenters. The summed E-state index contributed by atoms with van der Waals surface area (Å²) >= 11 is 6.96. The van der Waals surface area contributed by atoms with Crippen molar-refractivity contribution in [1.82, 2.24) is 4.31 Å². The van der Waals surface area contributed by atoms with E-state index in [1.165, 1.54) is 25.7 Å². The fraction of sp³-hybridized carbons (Fsp3) is 1.00. The van der Waals surface area contributed by atoms with Gasteiger partial charge in [0.05, 0.1) is 0 Å². The second kappa shape index (κ2) is 9.86. The second-order valence-corrected chi connectivity index (χ2v) is 9.90. The molecule has 98 valence electrons. The van der Waals surface area contributed by atoms with Crippen molar-refractivity contribution in [2.45, 2.75) is 39.5 Å². The molecule has 0 N–H and O–H groups in total. The number of hydrogen-bond acceptors (Lipinski definition) is 5. The molecule has 0 spiro atoms. The fourth-order valence-electron chi connectivity index (χ4n) is 1.15. The third-order valence-corrected chi connectivity index (χ3v) is 7.56. The molecular weight excluding hydrogens is 261 g/mol. The van der Waals surface area contributed by atoms with Gasteiger partial charge in [-0.05, 0) is 24.6 Å². The lowest BCUT2D eigenvalue weighted by atomic mass is 10.3. The van der Waals surface area contributed by atoms with Crippen molar-refractivity contribution in [3.63, 3.8) is 0 Å². The topological polar surface area (TPSA) is 21.7 Å². The Morgan fingerprint density at radius 3 is 1.81 bits per heavy atom.